The van der Waals surface area contributed by atoms with Gasteiger partial charge in [0.15, 0.2) is 5.06 Å². The zero-order chi connectivity index (χ0) is 22.5. The third-order valence-corrected chi connectivity index (χ3v) is 7.72. The summed E-state index contributed by atoms with van der Waals surface area (Å²) in [4.78, 5) is 9.67. The zero-order valence-electron chi connectivity index (χ0n) is 19.5. The van der Waals surface area contributed by atoms with E-state index in [4.69, 9.17) is 4.74 Å². The van der Waals surface area contributed by atoms with Crippen LogP contribution in [0.2, 0.25) is 0 Å². The molecule has 1 fully saturated rings. The van der Waals surface area contributed by atoms with Crippen molar-refractivity contribution in [2.45, 2.75) is 64.4 Å². The first kappa shape index (κ1) is 21.9. The van der Waals surface area contributed by atoms with E-state index in [1.807, 2.05) is 0 Å². The van der Waals surface area contributed by atoms with Crippen molar-refractivity contribution in [2.75, 3.05) is 26.2 Å². The second-order valence-corrected chi connectivity index (χ2v) is 11.1. The van der Waals surface area contributed by atoms with Gasteiger partial charge in [0.2, 0.25) is 0 Å². The number of benzene rings is 1. The first-order chi connectivity index (χ1) is 15.3. The molecule has 1 saturated heterocycles. The number of ether oxygens (including phenoxy) is 1. The molecule has 4 nitrogen and oxygen atoms in total. The molecule has 2 aromatic heterocycles. The van der Waals surface area contributed by atoms with Crippen molar-refractivity contribution in [3.63, 3.8) is 0 Å². The van der Waals surface area contributed by atoms with E-state index in [9.17, 15) is 4.39 Å². The first-order valence-corrected chi connectivity index (χ1v) is 12.7. The number of aromatic nitrogens is 1. The normalized spacial score (nSPS) is 22.8. The quantitative estimate of drug-likeness (QED) is 0.490. The Hall–Kier alpha value is -1.89. The molecule has 0 saturated carbocycles. The Morgan fingerprint density at radius 1 is 1.19 bits per heavy atom. The van der Waals surface area contributed by atoms with E-state index in [-0.39, 0.29) is 18.2 Å². The summed E-state index contributed by atoms with van der Waals surface area (Å²) in [5.41, 5.74) is 2.48. The van der Waals surface area contributed by atoms with E-state index in [1.165, 1.54) is 27.9 Å². The van der Waals surface area contributed by atoms with Gasteiger partial charge in [-0.05, 0) is 63.9 Å². The molecule has 5 rings (SSSR count). The lowest BCUT2D eigenvalue weighted by Gasteiger charge is -2.42. The molecule has 0 bridgehead atoms. The van der Waals surface area contributed by atoms with Crippen LogP contribution in [0.25, 0.3) is 10.9 Å². The average Bonchev–Trinajstić information content (AvgIpc) is 3.30. The summed E-state index contributed by atoms with van der Waals surface area (Å²) in [6.45, 7) is 11.4. The maximum absolute atomic E-state index is 14.9. The summed E-state index contributed by atoms with van der Waals surface area (Å²) in [7, 11) is 0. The highest BCUT2D eigenvalue weighted by atomic mass is 32.1. The van der Waals surface area contributed by atoms with Crippen LogP contribution < -0.4 is 4.74 Å². The maximum atomic E-state index is 14.9. The fourth-order valence-corrected chi connectivity index (χ4v) is 6.35. The Bertz CT molecular complexity index is 1080. The molecule has 2 aliphatic heterocycles. The van der Waals surface area contributed by atoms with Crippen LogP contribution in [0.3, 0.4) is 0 Å². The molecule has 6 heteroatoms. The highest BCUT2D eigenvalue weighted by Crippen LogP contribution is 2.44. The number of likely N-dealkylation sites (tertiary alicyclic amines) is 1. The number of thiophene rings is 1. The van der Waals surface area contributed by atoms with Gasteiger partial charge in [-0.15, -0.1) is 11.3 Å². The fraction of sp³-hybridized carbons (Fsp3) is 0.538. The van der Waals surface area contributed by atoms with Gasteiger partial charge in [0.05, 0.1) is 6.04 Å². The van der Waals surface area contributed by atoms with E-state index < -0.39 is 5.67 Å². The van der Waals surface area contributed by atoms with Gasteiger partial charge in [-0.2, -0.15) is 0 Å². The van der Waals surface area contributed by atoms with E-state index in [0.717, 1.165) is 36.6 Å². The lowest BCUT2D eigenvalue weighted by Crippen LogP contribution is -2.53. The minimum absolute atomic E-state index is 0.0107. The topological polar surface area (TPSA) is 31.5 Å². The summed E-state index contributed by atoms with van der Waals surface area (Å²) >= 11 is 1.71. The number of hydrogen-bond acceptors (Lipinski definition) is 4. The van der Waals surface area contributed by atoms with Crippen molar-refractivity contribution in [3.05, 3.63) is 52.5 Å². The lowest BCUT2D eigenvalue weighted by molar-refractivity contribution is 0.0226. The molecule has 0 unspecified atom stereocenters. The predicted octanol–water partition coefficient (Wildman–Crippen LogP) is 5.79. The zero-order valence-corrected chi connectivity index (χ0v) is 20.3. The number of para-hydroxylation sites is 1. The van der Waals surface area contributed by atoms with Crippen LogP contribution in [0.4, 0.5) is 4.39 Å². The molecule has 2 atom stereocenters. The van der Waals surface area contributed by atoms with Gasteiger partial charge < -0.3 is 9.72 Å². The Balaban J connectivity index is 1.46. The molecule has 32 heavy (non-hydrogen) atoms. The number of rotatable bonds is 7. The summed E-state index contributed by atoms with van der Waals surface area (Å²) in [6.07, 6.45) is 2.39. The van der Waals surface area contributed by atoms with Crippen molar-refractivity contribution in [3.8, 4) is 5.06 Å². The molecule has 0 radical (unpaired) electrons. The number of alkyl halides is 1. The number of nitrogens with zero attached hydrogens (tertiary/aromatic N) is 2. The van der Waals surface area contributed by atoms with Crippen LogP contribution >= 0.6 is 11.3 Å². The van der Waals surface area contributed by atoms with Crippen LogP contribution in [0.5, 0.6) is 5.06 Å². The number of hydrogen-bond donors (Lipinski definition) is 1. The first-order valence-electron chi connectivity index (χ1n) is 11.9. The van der Waals surface area contributed by atoms with Crippen molar-refractivity contribution < 1.29 is 9.13 Å². The Morgan fingerprint density at radius 3 is 2.72 bits per heavy atom. The molecule has 1 aromatic carbocycles. The highest BCUT2D eigenvalue weighted by molar-refractivity contribution is 7.13. The van der Waals surface area contributed by atoms with Crippen LogP contribution in [-0.4, -0.2) is 58.8 Å². The molecule has 0 amide bonds. The van der Waals surface area contributed by atoms with Gasteiger partial charge in [0.25, 0.3) is 0 Å². The van der Waals surface area contributed by atoms with Crippen molar-refractivity contribution in [1.29, 1.82) is 0 Å². The second-order valence-electron chi connectivity index (χ2n) is 10.1. The predicted molar refractivity (Wildman–Crippen MR) is 131 cm³/mol. The van der Waals surface area contributed by atoms with Gasteiger partial charge in [-0.1, -0.05) is 25.1 Å². The van der Waals surface area contributed by atoms with Gasteiger partial charge in [0, 0.05) is 47.2 Å². The average molecular weight is 456 g/mol. The van der Waals surface area contributed by atoms with Gasteiger partial charge in [-0.3, -0.25) is 9.80 Å². The monoisotopic (exact) mass is 455 g/mol. The van der Waals surface area contributed by atoms with E-state index in [1.54, 1.807) is 25.2 Å². The van der Waals surface area contributed by atoms with Crippen LogP contribution in [0.1, 0.15) is 56.3 Å². The van der Waals surface area contributed by atoms with Crippen molar-refractivity contribution in [1.82, 2.24) is 14.8 Å². The molecular formula is C26H34FN3OS. The Labute approximate surface area is 194 Å². The number of halogens is 1. The smallest absolute Gasteiger partial charge is 0.174 e. The van der Waals surface area contributed by atoms with Crippen LogP contribution in [0.15, 0.2) is 36.4 Å². The Morgan fingerprint density at radius 2 is 1.97 bits per heavy atom. The second kappa shape index (κ2) is 8.47. The highest BCUT2D eigenvalue weighted by Gasteiger charge is 2.39. The molecular weight excluding hydrogens is 421 g/mol. The Kier molecular flexibility index (Phi) is 5.81. The van der Waals surface area contributed by atoms with Crippen molar-refractivity contribution >= 4 is 22.2 Å². The van der Waals surface area contributed by atoms with Crippen molar-refractivity contribution in [2.24, 2.45) is 0 Å². The van der Waals surface area contributed by atoms with E-state index >= 15 is 0 Å². The number of fused-ring (bicyclic) bond motifs is 3. The molecule has 1 N–H and O–H groups in total. The SMILES string of the molecule is CCCN1CC(Oc2ccc([C@@H]3c4[nH]c5ccccc5c4C[C@@H](C)N3CC(C)(C)F)s2)C1. The third kappa shape index (κ3) is 4.20. The standard InChI is InChI=1S/C26H34FN3OS/c1-5-12-29-14-18(15-29)31-23-11-10-22(32-23)25-24-20(19-8-6-7-9-21(19)28-24)13-17(2)30(25)16-26(3,4)27/h6-11,17-18,25,28H,5,12-16H2,1-4H3/t17-,25-/m1/s1. The molecule has 172 valence electrons. The summed E-state index contributed by atoms with van der Waals surface area (Å²) in [5.74, 6) is 0. The number of aromatic amines is 1. The molecule has 4 heterocycles. The lowest BCUT2D eigenvalue weighted by atomic mass is 9.90. The van der Waals surface area contributed by atoms with Crippen LogP contribution in [-0.2, 0) is 6.42 Å². The number of H-pyrrole nitrogens is 1. The van der Waals surface area contributed by atoms with Gasteiger partial charge in [0.1, 0.15) is 11.8 Å². The molecule has 0 aliphatic carbocycles. The molecule has 2 aliphatic rings. The third-order valence-electron chi connectivity index (χ3n) is 6.69. The van der Waals surface area contributed by atoms with Crippen LogP contribution in [0, 0.1) is 0 Å². The van der Waals surface area contributed by atoms with E-state index in [2.05, 4.69) is 65.0 Å². The van der Waals surface area contributed by atoms with E-state index in [0.29, 0.717) is 6.54 Å². The summed E-state index contributed by atoms with van der Waals surface area (Å²) in [5, 5.41) is 2.26. The number of nitrogens with one attached hydrogen (secondary N) is 1. The summed E-state index contributed by atoms with van der Waals surface area (Å²) < 4.78 is 21.2. The fourth-order valence-electron chi connectivity index (χ4n) is 5.30. The van der Waals surface area contributed by atoms with Gasteiger partial charge in [-0.25, -0.2) is 4.39 Å². The molecule has 3 aromatic rings. The minimum atomic E-state index is -1.26. The summed E-state index contributed by atoms with van der Waals surface area (Å²) in [6, 6.07) is 13.1. The molecule has 0 spiro atoms. The largest absolute Gasteiger partial charge is 0.478 e. The minimum Gasteiger partial charge on any atom is -0.478 e. The maximum Gasteiger partial charge on any atom is 0.174 e. The van der Waals surface area contributed by atoms with Gasteiger partial charge >= 0.3 is 0 Å².